The summed E-state index contributed by atoms with van der Waals surface area (Å²) in [5.41, 5.74) is -0.493. The molecule has 0 aliphatic heterocycles. The van der Waals surface area contributed by atoms with Crippen LogP contribution in [0.5, 0.6) is 0 Å². The minimum Gasteiger partial charge on any atom is -0.363 e. The van der Waals surface area contributed by atoms with E-state index in [4.69, 9.17) is 0 Å². The van der Waals surface area contributed by atoms with Gasteiger partial charge in [-0.1, -0.05) is 0 Å². The lowest BCUT2D eigenvalue weighted by molar-refractivity contribution is 0.0921. The lowest BCUT2D eigenvalue weighted by Gasteiger charge is -2.29. The van der Waals surface area contributed by atoms with Crippen LogP contribution >= 0.6 is 0 Å². The minimum absolute atomic E-state index is 0.158. The van der Waals surface area contributed by atoms with Crippen LogP contribution in [0.4, 0.5) is 24.9 Å². The summed E-state index contributed by atoms with van der Waals surface area (Å²) in [5.74, 6) is -3.82. The highest BCUT2D eigenvalue weighted by Gasteiger charge is 2.25. The van der Waals surface area contributed by atoms with Crippen molar-refractivity contribution in [2.45, 2.75) is 37.8 Å². The number of carbonyl (C=O) groups excluding carboxylic acids is 1. The highest BCUT2D eigenvalue weighted by atomic mass is 19.2. The Morgan fingerprint density at radius 3 is 2.39 bits per heavy atom. The second-order valence-corrected chi connectivity index (χ2v) is 7.02. The first-order valence-electron chi connectivity index (χ1n) is 9.06. The first-order chi connectivity index (χ1) is 13.3. The van der Waals surface area contributed by atoms with Gasteiger partial charge in [-0.3, -0.25) is 4.79 Å². The maximum Gasteiger partial charge on any atom is 0.254 e. The van der Waals surface area contributed by atoms with Gasteiger partial charge in [-0.25, -0.2) is 18.2 Å². The summed E-state index contributed by atoms with van der Waals surface area (Å²) in [6.07, 6.45) is 4.55. The molecule has 150 valence electrons. The highest BCUT2D eigenvalue weighted by molar-refractivity contribution is 5.94. The zero-order chi connectivity index (χ0) is 20.3. The molecule has 2 N–H and O–H groups in total. The number of nitrogens with one attached hydrogen (secondary N) is 2. The smallest absolute Gasteiger partial charge is 0.254 e. The van der Waals surface area contributed by atoms with Gasteiger partial charge in [-0.2, -0.15) is 4.98 Å². The second kappa shape index (κ2) is 8.45. The molecule has 1 saturated carbocycles. The van der Waals surface area contributed by atoms with Crippen molar-refractivity contribution in [2.75, 3.05) is 24.3 Å². The molecule has 1 amide bonds. The Morgan fingerprint density at radius 2 is 1.71 bits per heavy atom. The van der Waals surface area contributed by atoms with Gasteiger partial charge >= 0.3 is 0 Å². The Labute approximate surface area is 161 Å². The molecule has 0 saturated heterocycles. The molecule has 3 rings (SSSR count). The van der Waals surface area contributed by atoms with Crippen molar-refractivity contribution < 1.29 is 18.0 Å². The number of halogens is 3. The van der Waals surface area contributed by atoms with Gasteiger partial charge in [0.2, 0.25) is 5.95 Å². The minimum atomic E-state index is -1.64. The third-order valence-electron chi connectivity index (χ3n) is 4.77. The van der Waals surface area contributed by atoms with Crippen LogP contribution in [0.3, 0.4) is 0 Å². The van der Waals surface area contributed by atoms with E-state index in [9.17, 15) is 18.0 Å². The maximum atomic E-state index is 13.8. The van der Waals surface area contributed by atoms with Crippen molar-refractivity contribution in [3.8, 4) is 0 Å². The van der Waals surface area contributed by atoms with E-state index in [1.165, 1.54) is 0 Å². The molecule has 1 aromatic carbocycles. The Kier molecular flexibility index (Phi) is 6.01. The van der Waals surface area contributed by atoms with Gasteiger partial charge in [0.1, 0.15) is 5.82 Å². The fourth-order valence-corrected chi connectivity index (χ4v) is 3.20. The number of hydrogen-bond donors (Lipinski definition) is 2. The fourth-order valence-electron chi connectivity index (χ4n) is 3.20. The van der Waals surface area contributed by atoms with Gasteiger partial charge in [-0.15, -0.1) is 0 Å². The maximum absolute atomic E-state index is 13.8. The van der Waals surface area contributed by atoms with Crippen molar-refractivity contribution in [3.05, 3.63) is 47.4 Å². The third-order valence-corrected chi connectivity index (χ3v) is 4.77. The number of benzene rings is 1. The summed E-state index contributed by atoms with van der Waals surface area (Å²) in [6.45, 7) is 0. The predicted octanol–water partition coefficient (Wildman–Crippen LogP) is 3.11. The van der Waals surface area contributed by atoms with Gasteiger partial charge in [0.15, 0.2) is 17.5 Å². The Hall–Kier alpha value is -2.84. The van der Waals surface area contributed by atoms with Gasteiger partial charge in [0.25, 0.3) is 5.91 Å². The molecule has 0 atom stereocenters. The standard InChI is InChI=1S/C19H22F3N5O/c1-27(2)15-9-10-23-19(26-15)25-12-5-3-11(4-6-12)24-18(28)13-7-8-14(20)17(22)16(13)21/h7-12H,3-6H2,1-2H3,(H,24,28)(H,23,25,26)/t11-,12+. The van der Waals surface area contributed by atoms with E-state index in [-0.39, 0.29) is 12.1 Å². The van der Waals surface area contributed by atoms with Gasteiger partial charge in [0.05, 0.1) is 5.56 Å². The number of amides is 1. The van der Waals surface area contributed by atoms with Crippen LogP contribution in [0.25, 0.3) is 0 Å². The van der Waals surface area contributed by atoms with Crippen molar-refractivity contribution in [3.63, 3.8) is 0 Å². The van der Waals surface area contributed by atoms with E-state index >= 15 is 0 Å². The topological polar surface area (TPSA) is 70.2 Å². The molecule has 1 aromatic heterocycles. The Balaban J connectivity index is 1.54. The monoisotopic (exact) mass is 393 g/mol. The molecule has 28 heavy (non-hydrogen) atoms. The molecule has 1 aliphatic rings. The van der Waals surface area contributed by atoms with Crippen LogP contribution in [0.15, 0.2) is 24.4 Å². The summed E-state index contributed by atoms with van der Waals surface area (Å²) in [4.78, 5) is 22.7. The van der Waals surface area contributed by atoms with Crippen LogP contribution in [0.1, 0.15) is 36.0 Å². The number of rotatable bonds is 5. The largest absolute Gasteiger partial charge is 0.363 e. The number of aromatic nitrogens is 2. The van der Waals surface area contributed by atoms with Crippen LogP contribution < -0.4 is 15.5 Å². The molecule has 0 spiro atoms. The highest BCUT2D eigenvalue weighted by Crippen LogP contribution is 2.23. The quantitative estimate of drug-likeness (QED) is 0.764. The molecule has 6 nitrogen and oxygen atoms in total. The van der Waals surface area contributed by atoms with E-state index < -0.39 is 28.9 Å². The average Bonchev–Trinajstić information content (AvgIpc) is 2.68. The third kappa shape index (κ3) is 4.52. The van der Waals surface area contributed by atoms with E-state index in [0.717, 1.165) is 30.8 Å². The molecule has 1 heterocycles. The predicted molar refractivity (Wildman–Crippen MR) is 99.8 cm³/mol. The summed E-state index contributed by atoms with van der Waals surface area (Å²) in [6, 6.07) is 3.51. The van der Waals surface area contributed by atoms with E-state index in [1.807, 2.05) is 25.1 Å². The lowest BCUT2D eigenvalue weighted by atomic mass is 9.91. The van der Waals surface area contributed by atoms with Crippen molar-refractivity contribution >= 4 is 17.7 Å². The molecule has 1 aliphatic carbocycles. The Bertz CT molecular complexity index is 853. The Morgan fingerprint density at radius 1 is 1.04 bits per heavy atom. The zero-order valence-corrected chi connectivity index (χ0v) is 15.7. The fraction of sp³-hybridized carbons (Fsp3) is 0.421. The van der Waals surface area contributed by atoms with Crippen LogP contribution in [0, 0.1) is 17.5 Å². The molecule has 1 fully saturated rings. The van der Waals surface area contributed by atoms with Gasteiger partial charge < -0.3 is 15.5 Å². The second-order valence-electron chi connectivity index (χ2n) is 7.02. The number of hydrogen-bond acceptors (Lipinski definition) is 5. The van der Waals surface area contributed by atoms with Gasteiger partial charge in [-0.05, 0) is 43.9 Å². The SMILES string of the molecule is CN(C)c1ccnc(N[C@H]2CC[C@@H](NC(=O)c3ccc(F)c(F)c3F)CC2)n1. The summed E-state index contributed by atoms with van der Waals surface area (Å²) < 4.78 is 40.1. The molecule has 0 radical (unpaired) electrons. The molecule has 0 unspecified atom stereocenters. The van der Waals surface area contributed by atoms with Crippen LogP contribution in [-0.4, -0.2) is 42.1 Å². The molecular formula is C19H22F3N5O. The molecule has 2 aromatic rings. The summed E-state index contributed by atoms with van der Waals surface area (Å²) in [7, 11) is 3.80. The molecule has 9 heteroatoms. The first kappa shape index (κ1) is 19.9. The van der Waals surface area contributed by atoms with Crippen molar-refractivity contribution in [2.24, 2.45) is 0 Å². The summed E-state index contributed by atoms with van der Waals surface area (Å²) >= 11 is 0. The van der Waals surface area contributed by atoms with Crippen molar-refractivity contribution in [1.29, 1.82) is 0 Å². The van der Waals surface area contributed by atoms with Crippen LogP contribution in [0.2, 0.25) is 0 Å². The van der Waals surface area contributed by atoms with E-state index in [1.54, 1.807) is 6.20 Å². The normalized spacial score (nSPS) is 19.2. The number of nitrogens with zero attached hydrogens (tertiary/aromatic N) is 3. The zero-order valence-electron chi connectivity index (χ0n) is 15.7. The lowest BCUT2D eigenvalue weighted by Crippen LogP contribution is -2.40. The average molecular weight is 393 g/mol. The number of carbonyl (C=O) groups is 1. The number of anilines is 2. The van der Waals surface area contributed by atoms with Crippen molar-refractivity contribution in [1.82, 2.24) is 15.3 Å². The van der Waals surface area contributed by atoms with Crippen LogP contribution in [-0.2, 0) is 0 Å². The summed E-state index contributed by atoms with van der Waals surface area (Å²) in [5, 5.41) is 5.99. The van der Waals surface area contributed by atoms with Gasteiger partial charge in [0, 0.05) is 32.4 Å². The van der Waals surface area contributed by atoms with E-state index in [0.29, 0.717) is 18.8 Å². The first-order valence-corrected chi connectivity index (χ1v) is 9.06. The van der Waals surface area contributed by atoms with E-state index in [2.05, 4.69) is 20.6 Å². The molecule has 0 bridgehead atoms. The molecular weight excluding hydrogens is 371 g/mol.